The van der Waals surface area contributed by atoms with Crippen LogP contribution >= 0.6 is 17.0 Å². The van der Waals surface area contributed by atoms with E-state index in [0.717, 1.165) is 33.5 Å². The fourth-order valence-corrected chi connectivity index (χ4v) is 4.06. The fourth-order valence-electron chi connectivity index (χ4n) is 4.06. The van der Waals surface area contributed by atoms with Gasteiger partial charge in [0.1, 0.15) is 11.5 Å². The highest BCUT2D eigenvalue weighted by molar-refractivity contribution is 8.93. The molecule has 2 aromatic heterocycles. The minimum absolute atomic E-state index is 0. The van der Waals surface area contributed by atoms with Crippen LogP contribution in [-0.2, 0) is 12.0 Å². The van der Waals surface area contributed by atoms with Gasteiger partial charge in [-0.25, -0.2) is 9.97 Å². The van der Waals surface area contributed by atoms with Crippen LogP contribution in [0.1, 0.15) is 72.4 Å². The van der Waals surface area contributed by atoms with Crippen molar-refractivity contribution in [2.45, 2.75) is 51.5 Å². The summed E-state index contributed by atoms with van der Waals surface area (Å²) < 4.78 is 0. The lowest BCUT2D eigenvalue weighted by atomic mass is 9.84. The highest BCUT2D eigenvalue weighted by atomic mass is 79.9. The van der Waals surface area contributed by atoms with Crippen molar-refractivity contribution in [2.75, 3.05) is 6.54 Å². The van der Waals surface area contributed by atoms with Crippen LogP contribution in [0.5, 0.6) is 0 Å². The zero-order valence-corrected chi connectivity index (χ0v) is 19.2. The van der Waals surface area contributed by atoms with Gasteiger partial charge in [-0.2, -0.15) is 0 Å². The lowest BCUT2D eigenvalue weighted by Gasteiger charge is -2.21. The summed E-state index contributed by atoms with van der Waals surface area (Å²) in [7, 11) is 0. The molecule has 0 atom stereocenters. The third-order valence-corrected chi connectivity index (χ3v) is 5.89. The number of ketones is 1. The summed E-state index contributed by atoms with van der Waals surface area (Å²) in [5.74, 6) is 0.919. The van der Waals surface area contributed by atoms with Gasteiger partial charge in [-0.1, -0.05) is 26.8 Å². The summed E-state index contributed by atoms with van der Waals surface area (Å²) in [6.45, 7) is 7.12. The number of H-pyrrole nitrogens is 1. The highest BCUT2D eigenvalue weighted by Crippen LogP contribution is 2.39. The molecule has 1 fully saturated rings. The molecular weight excluding hydrogens is 442 g/mol. The van der Waals surface area contributed by atoms with Crippen molar-refractivity contribution in [2.24, 2.45) is 0 Å². The smallest absolute Gasteiger partial charge is 0.182 e. The van der Waals surface area contributed by atoms with Crippen LogP contribution in [-0.4, -0.2) is 38.0 Å². The number of amidine groups is 1. The fraction of sp³-hybridized carbons (Fsp3) is 0.391. The molecular formula is C23H26BrN5O. The van der Waals surface area contributed by atoms with E-state index in [1.807, 2.05) is 17.0 Å². The van der Waals surface area contributed by atoms with Gasteiger partial charge in [0, 0.05) is 29.3 Å². The number of carbonyl (C=O) groups excluding carboxylic acids is 1. The first-order valence-corrected chi connectivity index (χ1v) is 10.2. The maximum absolute atomic E-state index is 13.1. The first-order valence-electron chi connectivity index (χ1n) is 10.2. The zero-order chi connectivity index (χ0) is 20.3. The third kappa shape index (κ3) is 3.55. The number of nitrogens with one attached hydrogen (secondary N) is 2. The molecule has 0 radical (unpaired) electrons. The van der Waals surface area contributed by atoms with Gasteiger partial charge < -0.3 is 9.88 Å². The van der Waals surface area contributed by atoms with Gasteiger partial charge in [-0.3, -0.25) is 10.2 Å². The van der Waals surface area contributed by atoms with Crippen molar-refractivity contribution in [3.05, 3.63) is 58.7 Å². The molecule has 5 rings (SSSR count). The standard InChI is InChI=1S/C23H25N5O.BrH/c1-23(2,3)16-8-15(9-18-21(16)26-12-25-18)19(29)11-28-10-14-6-7-17(13-4-5-13)27-20(14)22(28)24;/h6-9,12-13,24H,4-5,10-11H2,1-3H3,(H,25,26);1H. The van der Waals surface area contributed by atoms with Crippen molar-refractivity contribution in [1.82, 2.24) is 19.9 Å². The largest absolute Gasteiger partial charge is 0.345 e. The number of aromatic nitrogens is 3. The predicted octanol–water partition coefficient (Wildman–Crippen LogP) is 4.73. The molecule has 1 aliphatic heterocycles. The number of hydrogen-bond acceptors (Lipinski definition) is 4. The van der Waals surface area contributed by atoms with E-state index in [-0.39, 0.29) is 34.7 Å². The van der Waals surface area contributed by atoms with Gasteiger partial charge in [0.05, 0.1) is 23.9 Å². The topological polar surface area (TPSA) is 85.7 Å². The third-order valence-electron chi connectivity index (χ3n) is 5.89. The van der Waals surface area contributed by atoms with Gasteiger partial charge in [0.2, 0.25) is 0 Å². The molecule has 0 unspecified atom stereocenters. The second-order valence-corrected chi connectivity index (χ2v) is 9.22. The van der Waals surface area contributed by atoms with Crippen molar-refractivity contribution < 1.29 is 4.79 Å². The monoisotopic (exact) mass is 467 g/mol. The molecule has 1 aliphatic carbocycles. The van der Waals surface area contributed by atoms with Crippen LogP contribution in [0.25, 0.3) is 11.0 Å². The second kappa shape index (κ2) is 7.30. The number of Topliss-reactive ketones (excluding diaryl/α,β-unsaturated/α-hetero) is 1. The minimum atomic E-state index is -0.122. The van der Waals surface area contributed by atoms with E-state index in [0.29, 0.717) is 23.9 Å². The molecule has 0 amide bonds. The number of fused-ring (bicyclic) bond motifs is 2. The van der Waals surface area contributed by atoms with E-state index in [9.17, 15) is 4.79 Å². The minimum Gasteiger partial charge on any atom is -0.345 e. The Labute approximate surface area is 186 Å². The first kappa shape index (κ1) is 20.7. The van der Waals surface area contributed by atoms with Crippen LogP contribution < -0.4 is 0 Å². The Kier molecular flexibility index (Phi) is 5.04. The number of hydrogen-bond donors (Lipinski definition) is 2. The number of aromatic amines is 1. The maximum atomic E-state index is 13.1. The molecule has 3 heterocycles. The van der Waals surface area contributed by atoms with Gasteiger partial charge in [0.15, 0.2) is 5.78 Å². The van der Waals surface area contributed by atoms with Crippen molar-refractivity contribution in [3.63, 3.8) is 0 Å². The molecule has 30 heavy (non-hydrogen) atoms. The first-order chi connectivity index (χ1) is 13.8. The van der Waals surface area contributed by atoms with Crippen LogP contribution in [0.3, 0.4) is 0 Å². The molecule has 156 valence electrons. The van der Waals surface area contributed by atoms with Gasteiger partial charge >= 0.3 is 0 Å². The van der Waals surface area contributed by atoms with Gasteiger partial charge in [-0.05, 0) is 42.0 Å². The van der Waals surface area contributed by atoms with Crippen molar-refractivity contribution >= 4 is 39.6 Å². The SMILES string of the molecule is Br.CC(C)(C)c1cc(C(=O)CN2Cc3ccc(C4CC4)nc3C2=N)cc2[nH]cnc12. The molecule has 0 spiro atoms. The van der Waals surface area contributed by atoms with Gasteiger partial charge in [-0.15, -0.1) is 17.0 Å². The number of carbonyl (C=O) groups is 1. The predicted molar refractivity (Wildman–Crippen MR) is 123 cm³/mol. The van der Waals surface area contributed by atoms with Crippen molar-refractivity contribution in [1.29, 1.82) is 5.41 Å². The van der Waals surface area contributed by atoms with Crippen LogP contribution in [0.2, 0.25) is 0 Å². The highest BCUT2D eigenvalue weighted by Gasteiger charge is 2.31. The van der Waals surface area contributed by atoms with E-state index >= 15 is 0 Å². The van der Waals surface area contributed by atoms with E-state index in [2.05, 4.69) is 42.9 Å². The average molecular weight is 468 g/mol. The number of rotatable bonds is 4. The summed E-state index contributed by atoms with van der Waals surface area (Å²) in [6.07, 6.45) is 4.05. The summed E-state index contributed by atoms with van der Waals surface area (Å²) in [5.41, 5.74) is 6.22. The van der Waals surface area contributed by atoms with Crippen LogP contribution in [0, 0.1) is 5.41 Å². The second-order valence-electron chi connectivity index (χ2n) is 9.22. The number of nitrogens with zero attached hydrogens (tertiary/aromatic N) is 3. The normalized spacial score (nSPS) is 16.0. The van der Waals surface area contributed by atoms with Crippen LogP contribution in [0.4, 0.5) is 0 Å². The molecule has 1 saturated carbocycles. The Balaban J connectivity index is 0.00000218. The molecule has 0 bridgehead atoms. The lowest BCUT2D eigenvalue weighted by molar-refractivity contribution is 0.0962. The van der Waals surface area contributed by atoms with Crippen LogP contribution in [0.15, 0.2) is 30.6 Å². The molecule has 3 aromatic rings. The zero-order valence-electron chi connectivity index (χ0n) is 17.5. The lowest BCUT2D eigenvalue weighted by Crippen LogP contribution is -2.30. The van der Waals surface area contributed by atoms with E-state index in [4.69, 9.17) is 10.4 Å². The average Bonchev–Trinajstić information content (AvgIpc) is 3.34. The molecule has 7 heteroatoms. The van der Waals surface area contributed by atoms with Crippen molar-refractivity contribution in [3.8, 4) is 0 Å². The Morgan fingerprint density at radius 3 is 2.73 bits per heavy atom. The molecule has 1 aromatic carbocycles. The molecule has 2 aliphatic rings. The molecule has 0 saturated heterocycles. The summed E-state index contributed by atoms with van der Waals surface area (Å²) in [6, 6.07) is 7.98. The van der Waals surface area contributed by atoms with E-state index in [1.54, 1.807) is 6.33 Å². The number of imidazole rings is 1. The van der Waals surface area contributed by atoms with Gasteiger partial charge in [0.25, 0.3) is 0 Å². The molecule has 2 N–H and O–H groups in total. The molecule has 6 nitrogen and oxygen atoms in total. The summed E-state index contributed by atoms with van der Waals surface area (Å²) in [4.78, 5) is 27.2. The Morgan fingerprint density at radius 2 is 2.03 bits per heavy atom. The van der Waals surface area contributed by atoms with E-state index in [1.165, 1.54) is 12.8 Å². The summed E-state index contributed by atoms with van der Waals surface area (Å²) in [5, 5.41) is 8.54. The Hall–Kier alpha value is -2.54. The Bertz CT molecular complexity index is 1160. The number of pyridine rings is 1. The Morgan fingerprint density at radius 1 is 1.27 bits per heavy atom. The van der Waals surface area contributed by atoms with E-state index < -0.39 is 0 Å². The number of halogens is 1. The maximum Gasteiger partial charge on any atom is 0.182 e. The quantitative estimate of drug-likeness (QED) is 0.542. The summed E-state index contributed by atoms with van der Waals surface area (Å²) >= 11 is 0. The number of benzene rings is 1.